The van der Waals surface area contributed by atoms with Crippen molar-refractivity contribution >= 4 is 10.0 Å². The van der Waals surface area contributed by atoms with E-state index in [-0.39, 0.29) is 6.04 Å². The molecule has 6 heteroatoms. The van der Waals surface area contributed by atoms with Gasteiger partial charge in [0.25, 0.3) is 0 Å². The molecule has 0 bridgehead atoms. The van der Waals surface area contributed by atoms with E-state index >= 15 is 0 Å². The number of benzene rings is 1. The van der Waals surface area contributed by atoms with Crippen LogP contribution in [0, 0.1) is 12.8 Å². The van der Waals surface area contributed by atoms with Crippen molar-refractivity contribution in [2.75, 3.05) is 26.7 Å². The Morgan fingerprint density at radius 2 is 1.88 bits per heavy atom. The van der Waals surface area contributed by atoms with Crippen LogP contribution < -0.4 is 9.46 Å². The second-order valence-electron chi connectivity index (χ2n) is 7.36. The summed E-state index contributed by atoms with van der Waals surface area (Å²) in [4.78, 5) is 2.78. The molecule has 0 spiro atoms. The maximum atomic E-state index is 12.8. The Kier molecular flexibility index (Phi) is 7.28. The quantitative estimate of drug-likeness (QED) is 0.766. The van der Waals surface area contributed by atoms with E-state index in [0.29, 0.717) is 28.7 Å². The molecule has 1 heterocycles. The molecular formula is C19H32N2O3S. The highest BCUT2D eigenvalue weighted by Gasteiger charge is 2.24. The number of hydrogen-bond acceptors (Lipinski definition) is 4. The van der Waals surface area contributed by atoms with E-state index in [1.807, 2.05) is 0 Å². The van der Waals surface area contributed by atoms with E-state index in [4.69, 9.17) is 4.74 Å². The van der Waals surface area contributed by atoms with Crippen molar-refractivity contribution in [2.24, 2.45) is 5.92 Å². The SMILES string of the molecule is COc1ccc(S(=O)(=O)NCC(CC(C)C)N2CCCCC2)c(C)c1. The molecule has 1 aliphatic heterocycles. The van der Waals surface area contributed by atoms with Crippen LogP contribution in [0.15, 0.2) is 23.1 Å². The summed E-state index contributed by atoms with van der Waals surface area (Å²) in [6.07, 6.45) is 4.70. The lowest BCUT2D eigenvalue weighted by Crippen LogP contribution is -2.46. The molecule has 5 nitrogen and oxygen atoms in total. The highest BCUT2D eigenvalue weighted by atomic mass is 32.2. The van der Waals surface area contributed by atoms with Crippen molar-refractivity contribution in [3.05, 3.63) is 23.8 Å². The van der Waals surface area contributed by atoms with Crippen molar-refractivity contribution in [1.29, 1.82) is 0 Å². The summed E-state index contributed by atoms with van der Waals surface area (Å²) in [5, 5.41) is 0. The van der Waals surface area contributed by atoms with Crippen LogP contribution in [0.25, 0.3) is 0 Å². The molecule has 0 aliphatic carbocycles. The minimum absolute atomic E-state index is 0.258. The van der Waals surface area contributed by atoms with Gasteiger partial charge in [0, 0.05) is 12.6 Å². The second kappa shape index (κ2) is 9.01. The van der Waals surface area contributed by atoms with E-state index in [9.17, 15) is 8.42 Å². The van der Waals surface area contributed by atoms with E-state index in [1.165, 1.54) is 19.3 Å². The van der Waals surface area contributed by atoms with Crippen molar-refractivity contribution in [2.45, 2.75) is 57.4 Å². The topological polar surface area (TPSA) is 58.6 Å². The molecular weight excluding hydrogens is 336 g/mol. The van der Waals surface area contributed by atoms with Gasteiger partial charge in [-0.2, -0.15) is 0 Å². The van der Waals surface area contributed by atoms with Gasteiger partial charge in [-0.15, -0.1) is 0 Å². The van der Waals surface area contributed by atoms with Gasteiger partial charge in [-0.1, -0.05) is 20.3 Å². The smallest absolute Gasteiger partial charge is 0.240 e. The van der Waals surface area contributed by atoms with Crippen LogP contribution in [0.2, 0.25) is 0 Å². The number of nitrogens with one attached hydrogen (secondary N) is 1. The zero-order valence-electron chi connectivity index (χ0n) is 15.9. The van der Waals surface area contributed by atoms with Gasteiger partial charge in [-0.25, -0.2) is 13.1 Å². The Hall–Kier alpha value is -1.11. The first-order valence-electron chi connectivity index (χ1n) is 9.22. The summed E-state index contributed by atoms with van der Waals surface area (Å²) in [5.74, 6) is 1.21. The monoisotopic (exact) mass is 368 g/mol. The Bertz CT molecular complexity index is 653. The fourth-order valence-electron chi connectivity index (χ4n) is 3.52. The summed E-state index contributed by atoms with van der Waals surface area (Å²) in [6.45, 7) is 8.79. The predicted molar refractivity (Wildman–Crippen MR) is 102 cm³/mol. The number of ether oxygens (including phenoxy) is 1. The Labute approximate surface area is 152 Å². The van der Waals surface area contributed by atoms with Crippen LogP contribution in [-0.4, -0.2) is 46.1 Å². The van der Waals surface area contributed by atoms with Gasteiger partial charge < -0.3 is 4.74 Å². The second-order valence-corrected chi connectivity index (χ2v) is 9.10. The number of methoxy groups -OCH3 is 1. The number of rotatable bonds is 8. The third-order valence-electron chi connectivity index (χ3n) is 4.83. The first-order chi connectivity index (χ1) is 11.8. The summed E-state index contributed by atoms with van der Waals surface area (Å²) in [6, 6.07) is 5.32. The largest absolute Gasteiger partial charge is 0.497 e. The molecule has 0 saturated carbocycles. The van der Waals surface area contributed by atoms with Crippen LogP contribution >= 0.6 is 0 Å². The highest BCUT2D eigenvalue weighted by molar-refractivity contribution is 7.89. The number of aryl methyl sites for hydroxylation is 1. The fourth-order valence-corrected chi connectivity index (χ4v) is 4.82. The third kappa shape index (κ3) is 5.69. The Morgan fingerprint density at radius 3 is 2.44 bits per heavy atom. The van der Waals surface area contributed by atoms with Gasteiger partial charge in [0.15, 0.2) is 0 Å². The lowest BCUT2D eigenvalue weighted by molar-refractivity contribution is 0.146. The summed E-state index contributed by atoms with van der Waals surface area (Å²) >= 11 is 0. The highest BCUT2D eigenvalue weighted by Crippen LogP contribution is 2.22. The molecule has 2 rings (SSSR count). The van der Waals surface area contributed by atoms with Gasteiger partial charge in [-0.05, 0) is 69.0 Å². The molecule has 0 radical (unpaired) electrons. The lowest BCUT2D eigenvalue weighted by atomic mass is 10.00. The minimum Gasteiger partial charge on any atom is -0.497 e. The van der Waals surface area contributed by atoms with Crippen LogP contribution in [-0.2, 0) is 10.0 Å². The zero-order valence-corrected chi connectivity index (χ0v) is 16.7. The van der Waals surface area contributed by atoms with Crippen molar-refractivity contribution < 1.29 is 13.2 Å². The maximum Gasteiger partial charge on any atom is 0.240 e. The molecule has 1 saturated heterocycles. The van der Waals surface area contributed by atoms with Crippen LogP contribution in [0.1, 0.15) is 45.1 Å². The molecule has 1 fully saturated rings. The van der Waals surface area contributed by atoms with Crippen molar-refractivity contribution in [3.8, 4) is 5.75 Å². The van der Waals surface area contributed by atoms with Gasteiger partial charge in [-0.3, -0.25) is 4.90 Å². The van der Waals surface area contributed by atoms with Gasteiger partial charge in [0.05, 0.1) is 12.0 Å². The number of sulfonamides is 1. The zero-order chi connectivity index (χ0) is 18.4. The van der Waals surface area contributed by atoms with Crippen LogP contribution in [0.4, 0.5) is 0 Å². The molecule has 1 atom stereocenters. The first kappa shape index (κ1) is 20.2. The predicted octanol–water partition coefficient (Wildman–Crippen LogP) is 3.18. The standard InChI is InChI=1S/C19H32N2O3S/c1-15(2)12-17(21-10-6-5-7-11-21)14-20-25(22,23)19-9-8-18(24-4)13-16(19)3/h8-9,13,15,17,20H,5-7,10-12,14H2,1-4H3. The first-order valence-corrected chi connectivity index (χ1v) is 10.7. The van der Waals surface area contributed by atoms with E-state index < -0.39 is 10.0 Å². The van der Waals surface area contributed by atoms with E-state index in [0.717, 1.165) is 19.5 Å². The fraction of sp³-hybridized carbons (Fsp3) is 0.684. The molecule has 0 amide bonds. The summed E-state index contributed by atoms with van der Waals surface area (Å²) in [7, 11) is -1.94. The third-order valence-corrected chi connectivity index (χ3v) is 6.41. The van der Waals surface area contributed by atoms with E-state index in [1.54, 1.807) is 32.2 Å². The molecule has 1 N–H and O–H groups in total. The Morgan fingerprint density at radius 1 is 1.20 bits per heavy atom. The van der Waals surface area contributed by atoms with E-state index in [2.05, 4.69) is 23.5 Å². The van der Waals surface area contributed by atoms with Gasteiger partial charge >= 0.3 is 0 Å². The van der Waals surface area contributed by atoms with Crippen LogP contribution in [0.5, 0.6) is 5.75 Å². The molecule has 1 unspecified atom stereocenters. The molecule has 1 aromatic rings. The van der Waals surface area contributed by atoms with Gasteiger partial charge in [0.1, 0.15) is 5.75 Å². The van der Waals surface area contributed by atoms with Gasteiger partial charge in [0.2, 0.25) is 10.0 Å². The minimum atomic E-state index is -3.52. The molecule has 1 aromatic carbocycles. The lowest BCUT2D eigenvalue weighted by Gasteiger charge is -2.35. The normalized spacial score (nSPS) is 17.6. The number of nitrogens with zero attached hydrogens (tertiary/aromatic N) is 1. The van der Waals surface area contributed by atoms with Crippen molar-refractivity contribution in [1.82, 2.24) is 9.62 Å². The molecule has 142 valence electrons. The van der Waals surface area contributed by atoms with Crippen molar-refractivity contribution in [3.63, 3.8) is 0 Å². The molecule has 1 aliphatic rings. The average molecular weight is 369 g/mol. The number of piperidine rings is 1. The molecule has 0 aromatic heterocycles. The van der Waals surface area contributed by atoms with Crippen LogP contribution in [0.3, 0.4) is 0 Å². The maximum absolute atomic E-state index is 12.8. The average Bonchev–Trinajstić information content (AvgIpc) is 2.58. The summed E-state index contributed by atoms with van der Waals surface area (Å²) in [5.41, 5.74) is 0.699. The Balaban J connectivity index is 2.09. The molecule has 25 heavy (non-hydrogen) atoms. The number of likely N-dealkylation sites (tertiary alicyclic amines) is 1. The summed E-state index contributed by atoms with van der Waals surface area (Å²) < 4.78 is 33.5. The number of hydrogen-bond donors (Lipinski definition) is 1.